The van der Waals surface area contributed by atoms with Crippen molar-refractivity contribution in [2.75, 3.05) is 11.8 Å². The molecule has 0 atom stereocenters. The summed E-state index contributed by atoms with van der Waals surface area (Å²) in [5.74, 6) is -1.62. The van der Waals surface area contributed by atoms with E-state index in [1.54, 1.807) is 6.07 Å². The molecule has 1 heterocycles. The maximum atomic E-state index is 14.2. The zero-order valence-electron chi connectivity index (χ0n) is 15.9. The van der Waals surface area contributed by atoms with E-state index in [9.17, 15) is 26.0 Å². The van der Waals surface area contributed by atoms with Crippen molar-refractivity contribution in [2.45, 2.75) is 24.5 Å². The van der Waals surface area contributed by atoms with Crippen LogP contribution < -0.4 is 9.46 Å². The Bertz CT molecular complexity index is 1160. The first-order valence-electron chi connectivity index (χ1n) is 8.68. The van der Waals surface area contributed by atoms with Gasteiger partial charge in [0.2, 0.25) is 0 Å². The molecule has 0 amide bonds. The van der Waals surface area contributed by atoms with Gasteiger partial charge in [-0.3, -0.25) is 9.40 Å². The lowest BCUT2D eigenvalue weighted by atomic mass is 10.0. The number of ether oxygens (including phenoxy) is 1. The first-order chi connectivity index (χ1) is 14.1. The van der Waals surface area contributed by atoms with Gasteiger partial charge in [-0.15, -0.1) is 0 Å². The zero-order chi connectivity index (χ0) is 22.1. The molecule has 0 aliphatic carbocycles. The summed E-state index contributed by atoms with van der Waals surface area (Å²) in [6, 6.07) is 10.3. The van der Waals surface area contributed by atoms with Gasteiger partial charge in [-0.1, -0.05) is 24.3 Å². The van der Waals surface area contributed by atoms with Crippen LogP contribution in [0.15, 0.2) is 53.4 Å². The highest BCUT2D eigenvalue weighted by Gasteiger charge is 2.41. The molecule has 0 aliphatic heterocycles. The van der Waals surface area contributed by atoms with Crippen molar-refractivity contribution in [3.05, 3.63) is 60.0 Å². The van der Waals surface area contributed by atoms with E-state index in [1.165, 1.54) is 44.4 Å². The largest absolute Gasteiger partial charge is 0.494 e. The third-order valence-corrected chi connectivity index (χ3v) is 5.60. The average molecular weight is 443 g/mol. The van der Waals surface area contributed by atoms with Crippen molar-refractivity contribution >= 4 is 15.8 Å². The van der Waals surface area contributed by atoms with Crippen molar-refractivity contribution in [2.24, 2.45) is 0 Å². The average Bonchev–Trinajstić information content (AvgIpc) is 3.06. The molecule has 0 unspecified atom stereocenters. The van der Waals surface area contributed by atoms with Gasteiger partial charge in [-0.05, 0) is 36.8 Å². The van der Waals surface area contributed by atoms with Gasteiger partial charge in [0.25, 0.3) is 10.0 Å². The molecule has 1 N–H and O–H groups in total. The maximum absolute atomic E-state index is 14.2. The molecule has 6 nitrogen and oxygen atoms in total. The number of methoxy groups -OCH3 is 1. The van der Waals surface area contributed by atoms with Crippen molar-refractivity contribution in [3.8, 4) is 16.9 Å². The Morgan fingerprint density at radius 1 is 1.13 bits per heavy atom. The highest BCUT2D eigenvalue weighted by molar-refractivity contribution is 7.92. The topological polar surface area (TPSA) is 73.2 Å². The lowest BCUT2D eigenvalue weighted by Gasteiger charge is -2.13. The molecule has 0 aliphatic rings. The van der Waals surface area contributed by atoms with Crippen LogP contribution in [0.4, 0.5) is 23.4 Å². The highest BCUT2D eigenvalue weighted by Crippen LogP contribution is 2.42. The smallest absolute Gasteiger partial charge is 0.433 e. The second kappa shape index (κ2) is 7.98. The molecule has 0 fully saturated rings. The number of halogens is 4. The quantitative estimate of drug-likeness (QED) is 0.568. The molecule has 2 aromatic carbocycles. The van der Waals surface area contributed by atoms with Gasteiger partial charge < -0.3 is 4.74 Å². The second-order valence-corrected chi connectivity index (χ2v) is 7.84. The second-order valence-electron chi connectivity index (χ2n) is 6.15. The summed E-state index contributed by atoms with van der Waals surface area (Å²) in [5.41, 5.74) is -1.98. The van der Waals surface area contributed by atoms with Crippen LogP contribution in [0.1, 0.15) is 12.6 Å². The number of rotatable bonds is 6. The molecule has 0 radical (unpaired) electrons. The molecule has 160 valence electrons. The molecular weight excluding hydrogens is 426 g/mol. The monoisotopic (exact) mass is 443 g/mol. The van der Waals surface area contributed by atoms with Crippen LogP contribution in [0.5, 0.6) is 5.75 Å². The zero-order valence-corrected chi connectivity index (χ0v) is 16.7. The molecule has 1 aromatic heterocycles. The number of aromatic nitrogens is 2. The van der Waals surface area contributed by atoms with Crippen LogP contribution >= 0.6 is 0 Å². The Morgan fingerprint density at radius 2 is 1.80 bits per heavy atom. The third kappa shape index (κ3) is 4.11. The highest BCUT2D eigenvalue weighted by atomic mass is 32.2. The minimum Gasteiger partial charge on any atom is -0.494 e. The summed E-state index contributed by atoms with van der Waals surface area (Å²) in [6.45, 7) is 1.24. The molecule has 3 rings (SSSR count). The molecule has 30 heavy (non-hydrogen) atoms. The van der Waals surface area contributed by atoms with Crippen LogP contribution in [0, 0.1) is 5.82 Å². The lowest BCUT2D eigenvalue weighted by molar-refractivity contribution is -0.143. The van der Waals surface area contributed by atoms with Gasteiger partial charge in [0.05, 0.1) is 17.6 Å². The number of hydrogen-bond acceptors (Lipinski definition) is 4. The number of alkyl halides is 3. The number of nitrogens with one attached hydrogen (secondary N) is 1. The van der Waals surface area contributed by atoms with E-state index in [2.05, 4.69) is 9.82 Å². The Balaban J connectivity index is 2.23. The van der Waals surface area contributed by atoms with E-state index in [4.69, 9.17) is 4.74 Å². The van der Waals surface area contributed by atoms with E-state index in [0.717, 1.165) is 12.1 Å². The van der Waals surface area contributed by atoms with E-state index in [0.29, 0.717) is 4.68 Å². The Kier molecular flexibility index (Phi) is 5.75. The molecule has 3 aromatic rings. The fourth-order valence-electron chi connectivity index (χ4n) is 2.93. The maximum Gasteiger partial charge on any atom is 0.433 e. The van der Waals surface area contributed by atoms with E-state index >= 15 is 0 Å². The van der Waals surface area contributed by atoms with E-state index in [-0.39, 0.29) is 22.8 Å². The summed E-state index contributed by atoms with van der Waals surface area (Å²) >= 11 is 0. The van der Waals surface area contributed by atoms with Crippen LogP contribution in [0.25, 0.3) is 11.1 Å². The standard InChI is InChI=1S/C19H17F4N3O3S/c1-3-26-17(19(21,22)23)16(12-9-10-15(29-2)14(20)11-12)18(24-26)25-30(27,28)13-7-5-4-6-8-13/h4-11H,3H2,1-2H3,(H,24,25). The summed E-state index contributed by atoms with van der Waals surface area (Å²) < 4.78 is 88.6. The summed E-state index contributed by atoms with van der Waals surface area (Å²) in [7, 11) is -3.02. The summed E-state index contributed by atoms with van der Waals surface area (Å²) in [6.07, 6.45) is -4.87. The van der Waals surface area contributed by atoms with Crippen LogP contribution in [0.3, 0.4) is 0 Å². The van der Waals surface area contributed by atoms with Crippen molar-refractivity contribution < 1.29 is 30.7 Å². The molecule has 0 spiro atoms. The van der Waals surface area contributed by atoms with Gasteiger partial charge >= 0.3 is 6.18 Å². The number of hydrogen-bond donors (Lipinski definition) is 1. The first-order valence-corrected chi connectivity index (χ1v) is 10.2. The third-order valence-electron chi connectivity index (χ3n) is 4.25. The van der Waals surface area contributed by atoms with Crippen LogP contribution in [0.2, 0.25) is 0 Å². The van der Waals surface area contributed by atoms with Gasteiger partial charge in [-0.2, -0.15) is 18.3 Å². The summed E-state index contributed by atoms with van der Waals surface area (Å²) in [4.78, 5) is -0.156. The van der Waals surface area contributed by atoms with Crippen molar-refractivity contribution in [1.29, 1.82) is 0 Å². The predicted octanol–water partition coefficient (Wildman–Crippen LogP) is 4.54. The molecule has 0 saturated heterocycles. The molecule has 0 saturated carbocycles. The van der Waals surface area contributed by atoms with Crippen molar-refractivity contribution in [3.63, 3.8) is 0 Å². The molecule has 0 bridgehead atoms. The van der Waals surface area contributed by atoms with Crippen molar-refractivity contribution in [1.82, 2.24) is 9.78 Å². The fraction of sp³-hybridized carbons (Fsp3) is 0.211. The predicted molar refractivity (Wildman–Crippen MR) is 102 cm³/mol. The SMILES string of the molecule is CCn1nc(NS(=O)(=O)c2ccccc2)c(-c2ccc(OC)c(F)c2)c1C(F)(F)F. The normalized spacial score (nSPS) is 12.1. The summed E-state index contributed by atoms with van der Waals surface area (Å²) in [5, 5.41) is 3.81. The van der Waals surface area contributed by atoms with Crippen LogP contribution in [-0.2, 0) is 22.7 Å². The van der Waals surface area contributed by atoms with Gasteiger partial charge in [0.15, 0.2) is 23.1 Å². The van der Waals surface area contributed by atoms with E-state index in [1.807, 2.05) is 0 Å². The Hall–Kier alpha value is -3.08. The minimum atomic E-state index is -4.87. The Morgan fingerprint density at radius 3 is 2.33 bits per heavy atom. The van der Waals surface area contributed by atoms with Crippen LogP contribution in [-0.4, -0.2) is 25.3 Å². The van der Waals surface area contributed by atoms with Gasteiger partial charge in [-0.25, -0.2) is 12.8 Å². The fourth-order valence-corrected chi connectivity index (χ4v) is 3.96. The number of benzene rings is 2. The molecule has 11 heteroatoms. The lowest BCUT2D eigenvalue weighted by Crippen LogP contribution is -2.15. The van der Waals surface area contributed by atoms with Gasteiger partial charge in [0.1, 0.15) is 0 Å². The number of nitrogens with zero attached hydrogens (tertiary/aromatic N) is 2. The van der Waals surface area contributed by atoms with E-state index < -0.39 is 39.1 Å². The number of sulfonamides is 1. The number of aryl methyl sites for hydroxylation is 1. The number of anilines is 1. The first kappa shape index (κ1) is 21.6. The minimum absolute atomic E-state index is 0.156. The Labute approximate surface area is 170 Å². The molecular formula is C19H17F4N3O3S. The van der Waals surface area contributed by atoms with Gasteiger partial charge in [0, 0.05) is 6.54 Å².